The summed E-state index contributed by atoms with van der Waals surface area (Å²) in [5.41, 5.74) is 2.48. The largest absolute Gasteiger partial charge is 0.318 e. The Morgan fingerprint density at radius 2 is 1.91 bits per heavy atom. The lowest BCUT2D eigenvalue weighted by Crippen LogP contribution is -2.29. The number of H-pyrrole nitrogens is 1. The number of carbonyl (C=O) groups excluding carboxylic acids is 2. The molecule has 3 rings (SSSR count). The molecule has 116 valence electrons. The Morgan fingerprint density at radius 1 is 1.13 bits per heavy atom. The molecule has 0 unspecified atom stereocenters. The van der Waals surface area contributed by atoms with Crippen LogP contribution in [0.5, 0.6) is 0 Å². The van der Waals surface area contributed by atoms with Gasteiger partial charge in [0.15, 0.2) is 0 Å². The Bertz CT molecular complexity index is 904. The van der Waals surface area contributed by atoms with E-state index in [4.69, 9.17) is 11.6 Å². The fourth-order valence-corrected chi connectivity index (χ4v) is 2.30. The molecule has 0 saturated carbocycles. The second kappa shape index (κ2) is 6.10. The summed E-state index contributed by atoms with van der Waals surface area (Å²) in [6, 6.07) is 10.3. The third-order valence-corrected chi connectivity index (χ3v) is 3.83. The van der Waals surface area contributed by atoms with Crippen LogP contribution in [0, 0.1) is 6.92 Å². The zero-order valence-electron chi connectivity index (χ0n) is 12.2. The maximum atomic E-state index is 12.0. The second-order valence-corrected chi connectivity index (χ2v) is 5.40. The summed E-state index contributed by atoms with van der Waals surface area (Å²) in [4.78, 5) is 24.0. The molecular weight excluding hydrogens is 316 g/mol. The van der Waals surface area contributed by atoms with Gasteiger partial charge in [-0.3, -0.25) is 14.7 Å². The van der Waals surface area contributed by atoms with Crippen LogP contribution in [0.15, 0.2) is 42.6 Å². The first-order chi connectivity index (χ1) is 11.0. The van der Waals surface area contributed by atoms with E-state index in [-0.39, 0.29) is 0 Å². The highest BCUT2D eigenvalue weighted by molar-refractivity contribution is 6.44. The van der Waals surface area contributed by atoms with E-state index in [0.717, 1.165) is 10.9 Å². The first-order valence-corrected chi connectivity index (χ1v) is 7.23. The Hall–Kier alpha value is -2.86. The van der Waals surface area contributed by atoms with Crippen LogP contribution in [0.1, 0.15) is 5.56 Å². The number of rotatable bonds is 2. The van der Waals surface area contributed by atoms with Crippen molar-refractivity contribution in [1.82, 2.24) is 10.2 Å². The molecule has 0 aliphatic rings. The third-order valence-electron chi connectivity index (χ3n) is 3.42. The highest BCUT2D eigenvalue weighted by atomic mass is 35.5. The maximum Gasteiger partial charge on any atom is 0.314 e. The molecule has 0 atom stereocenters. The van der Waals surface area contributed by atoms with Gasteiger partial charge in [0.05, 0.1) is 11.7 Å². The van der Waals surface area contributed by atoms with E-state index < -0.39 is 11.8 Å². The van der Waals surface area contributed by atoms with E-state index in [1.807, 2.05) is 0 Å². The molecular formula is C16H13ClN4O2. The smallest absolute Gasteiger partial charge is 0.314 e. The number of aromatic nitrogens is 2. The van der Waals surface area contributed by atoms with Gasteiger partial charge < -0.3 is 10.6 Å². The molecule has 2 amide bonds. The van der Waals surface area contributed by atoms with Crippen molar-refractivity contribution in [2.24, 2.45) is 0 Å². The van der Waals surface area contributed by atoms with E-state index >= 15 is 0 Å². The van der Waals surface area contributed by atoms with Crippen molar-refractivity contribution in [1.29, 1.82) is 0 Å². The molecule has 7 heteroatoms. The van der Waals surface area contributed by atoms with Crippen LogP contribution >= 0.6 is 11.6 Å². The van der Waals surface area contributed by atoms with E-state index in [1.165, 1.54) is 0 Å². The molecule has 0 fully saturated rings. The van der Waals surface area contributed by atoms with Crippen LogP contribution in [0.25, 0.3) is 10.9 Å². The number of nitrogens with zero attached hydrogens (tertiary/aromatic N) is 1. The van der Waals surface area contributed by atoms with Crippen LogP contribution in [-0.2, 0) is 9.59 Å². The summed E-state index contributed by atoms with van der Waals surface area (Å²) in [7, 11) is 0. The predicted molar refractivity (Wildman–Crippen MR) is 89.5 cm³/mol. The first kappa shape index (κ1) is 15.1. The topological polar surface area (TPSA) is 86.9 Å². The zero-order valence-corrected chi connectivity index (χ0v) is 12.9. The van der Waals surface area contributed by atoms with Crippen molar-refractivity contribution in [2.45, 2.75) is 6.92 Å². The van der Waals surface area contributed by atoms with Crippen molar-refractivity contribution in [2.75, 3.05) is 10.6 Å². The molecule has 0 saturated heterocycles. The molecule has 6 nitrogen and oxygen atoms in total. The Morgan fingerprint density at radius 3 is 2.74 bits per heavy atom. The molecule has 0 aliphatic carbocycles. The van der Waals surface area contributed by atoms with Gasteiger partial charge in [-0.05, 0) is 42.8 Å². The van der Waals surface area contributed by atoms with Crippen LogP contribution in [0.3, 0.4) is 0 Å². The molecule has 3 aromatic rings. The van der Waals surface area contributed by atoms with E-state index in [2.05, 4.69) is 20.8 Å². The highest BCUT2D eigenvalue weighted by Gasteiger charge is 2.15. The molecule has 3 N–H and O–H groups in total. The number of fused-ring (bicyclic) bond motifs is 1. The van der Waals surface area contributed by atoms with Gasteiger partial charge in [-0.15, -0.1) is 0 Å². The molecule has 0 bridgehead atoms. The van der Waals surface area contributed by atoms with Crippen molar-refractivity contribution in [3.8, 4) is 0 Å². The van der Waals surface area contributed by atoms with Crippen LogP contribution < -0.4 is 10.6 Å². The van der Waals surface area contributed by atoms with Crippen molar-refractivity contribution < 1.29 is 9.59 Å². The molecule has 0 aliphatic heterocycles. The molecule has 0 radical (unpaired) electrons. The average Bonchev–Trinajstić information content (AvgIpc) is 2.99. The lowest BCUT2D eigenvalue weighted by atomic mass is 10.2. The minimum Gasteiger partial charge on any atom is -0.318 e. The first-order valence-electron chi connectivity index (χ1n) is 6.85. The van der Waals surface area contributed by atoms with Gasteiger partial charge >= 0.3 is 11.8 Å². The number of amides is 2. The fraction of sp³-hybridized carbons (Fsp3) is 0.0625. The van der Waals surface area contributed by atoms with Gasteiger partial charge in [-0.2, -0.15) is 5.10 Å². The number of nitrogens with one attached hydrogen (secondary N) is 3. The van der Waals surface area contributed by atoms with Gasteiger partial charge in [-0.1, -0.05) is 17.7 Å². The summed E-state index contributed by atoms with van der Waals surface area (Å²) < 4.78 is 0. The average molecular weight is 329 g/mol. The quantitative estimate of drug-likeness (QED) is 0.632. The van der Waals surface area contributed by atoms with E-state index in [0.29, 0.717) is 22.0 Å². The summed E-state index contributed by atoms with van der Waals surface area (Å²) in [5.74, 6) is -1.52. The van der Waals surface area contributed by atoms with Gasteiger partial charge in [0.25, 0.3) is 0 Å². The number of benzene rings is 2. The number of anilines is 2. The number of carbonyl (C=O) groups is 2. The maximum absolute atomic E-state index is 12.0. The van der Waals surface area contributed by atoms with Crippen LogP contribution in [0.2, 0.25) is 5.02 Å². The third kappa shape index (κ3) is 3.17. The standard InChI is InChI=1S/C16H13ClN4O2/c1-9-12(17)3-2-4-13(9)20-16(23)15(22)19-11-6-5-10-8-18-21-14(10)7-11/h2-8H,1H3,(H,18,21)(H,19,22)(H,20,23). The predicted octanol–water partition coefficient (Wildman–Crippen LogP) is 3.10. The minimum atomic E-state index is -0.764. The zero-order chi connectivity index (χ0) is 16.4. The molecule has 0 spiro atoms. The Kier molecular flexibility index (Phi) is 3.99. The van der Waals surface area contributed by atoms with Crippen LogP contribution in [-0.4, -0.2) is 22.0 Å². The van der Waals surface area contributed by atoms with Crippen LogP contribution in [0.4, 0.5) is 11.4 Å². The van der Waals surface area contributed by atoms with Crippen molar-refractivity contribution in [3.05, 3.63) is 53.2 Å². The van der Waals surface area contributed by atoms with Gasteiger partial charge in [0.2, 0.25) is 0 Å². The molecule has 1 aromatic heterocycles. The summed E-state index contributed by atoms with van der Waals surface area (Å²) in [6.45, 7) is 1.77. The minimum absolute atomic E-state index is 0.502. The number of hydrogen-bond acceptors (Lipinski definition) is 3. The molecule has 23 heavy (non-hydrogen) atoms. The van der Waals surface area contributed by atoms with Gasteiger partial charge in [0, 0.05) is 21.8 Å². The monoisotopic (exact) mass is 328 g/mol. The highest BCUT2D eigenvalue weighted by Crippen LogP contribution is 2.23. The summed E-state index contributed by atoms with van der Waals surface area (Å²) >= 11 is 5.99. The normalized spacial score (nSPS) is 10.5. The van der Waals surface area contributed by atoms with Gasteiger partial charge in [-0.25, -0.2) is 0 Å². The summed E-state index contributed by atoms with van der Waals surface area (Å²) in [6.07, 6.45) is 1.68. The van der Waals surface area contributed by atoms with Crippen molar-refractivity contribution in [3.63, 3.8) is 0 Å². The van der Waals surface area contributed by atoms with E-state index in [9.17, 15) is 9.59 Å². The SMILES string of the molecule is Cc1c(Cl)cccc1NC(=O)C(=O)Nc1ccc2cn[nH]c2c1. The Balaban J connectivity index is 1.72. The Labute approximate surface area is 136 Å². The number of aromatic amines is 1. The lowest BCUT2D eigenvalue weighted by Gasteiger charge is -2.09. The number of halogens is 1. The molecule has 2 aromatic carbocycles. The molecule has 1 heterocycles. The fourth-order valence-electron chi connectivity index (χ4n) is 2.12. The second-order valence-electron chi connectivity index (χ2n) is 4.99. The van der Waals surface area contributed by atoms with Crippen molar-refractivity contribution >= 4 is 45.7 Å². The number of hydrogen-bond donors (Lipinski definition) is 3. The lowest BCUT2D eigenvalue weighted by molar-refractivity contribution is -0.133. The summed E-state index contributed by atoms with van der Waals surface area (Å²) in [5, 5.41) is 13.2. The van der Waals surface area contributed by atoms with Gasteiger partial charge in [0.1, 0.15) is 0 Å². The van der Waals surface area contributed by atoms with E-state index in [1.54, 1.807) is 49.5 Å².